The lowest BCUT2D eigenvalue weighted by Crippen LogP contribution is -2.45. The van der Waals surface area contributed by atoms with Crippen LogP contribution in [-0.2, 0) is 33.8 Å². The molecule has 3 aromatic rings. The first kappa shape index (κ1) is 28.4. The fraction of sp³-hybridized carbons (Fsp3) is 0.344. The molecular formula is C32H32N4O4S. The number of carbonyl (C=O) groups excluding carboxylic acids is 3. The van der Waals surface area contributed by atoms with E-state index < -0.39 is 11.9 Å². The Bertz CT molecular complexity index is 1470. The molecule has 1 aromatic heterocycles. The number of thioether (sulfide) groups is 1. The molecule has 210 valence electrons. The maximum atomic E-state index is 13.8. The van der Waals surface area contributed by atoms with Crippen molar-refractivity contribution in [3.05, 3.63) is 83.0 Å². The van der Waals surface area contributed by atoms with Gasteiger partial charge in [0.15, 0.2) is 0 Å². The minimum atomic E-state index is -0.933. The van der Waals surface area contributed by atoms with E-state index in [2.05, 4.69) is 6.07 Å². The summed E-state index contributed by atoms with van der Waals surface area (Å²) in [7, 11) is 1.55. The Morgan fingerprint density at radius 1 is 1.07 bits per heavy atom. The van der Waals surface area contributed by atoms with E-state index in [1.165, 1.54) is 23.1 Å². The molecule has 1 aliphatic carbocycles. The zero-order chi connectivity index (χ0) is 28.8. The summed E-state index contributed by atoms with van der Waals surface area (Å²) < 4.78 is 5.20. The molecule has 1 fully saturated rings. The van der Waals surface area contributed by atoms with E-state index in [1.807, 2.05) is 36.4 Å². The smallest absolute Gasteiger partial charge is 0.257 e. The molecule has 8 nitrogen and oxygen atoms in total. The first-order chi connectivity index (χ1) is 20.0. The molecule has 9 heteroatoms. The van der Waals surface area contributed by atoms with E-state index in [0.29, 0.717) is 22.0 Å². The van der Waals surface area contributed by atoms with E-state index in [4.69, 9.17) is 9.72 Å². The van der Waals surface area contributed by atoms with Gasteiger partial charge in [-0.3, -0.25) is 14.4 Å². The first-order valence-corrected chi connectivity index (χ1v) is 14.9. The molecule has 5 rings (SSSR count). The van der Waals surface area contributed by atoms with Crippen LogP contribution in [0.1, 0.15) is 54.5 Å². The number of benzene rings is 2. The SMILES string of the molecule is COc1ccc(N2C(=O)CC(N(Cc3ccccc3)C(=O)CSc3nc4c(cc3C#N)CCCCCC4)C2=O)cc1. The van der Waals surface area contributed by atoms with Crippen molar-refractivity contribution in [2.45, 2.75) is 62.6 Å². The molecule has 0 radical (unpaired) electrons. The van der Waals surface area contributed by atoms with Crippen molar-refractivity contribution in [1.29, 1.82) is 5.26 Å². The Hall–Kier alpha value is -4.16. The Balaban J connectivity index is 1.38. The maximum absolute atomic E-state index is 13.8. The standard InChI is InChI=1S/C32H32N4O4S/c1-40-26-15-13-25(14-16-26)36-29(37)18-28(32(36)39)35(20-22-9-5-4-6-10-22)30(38)21-41-31-24(19-33)17-23-11-7-2-3-8-12-27(23)34-31/h4-6,9-10,13-17,28H,2-3,7-8,11-12,18,20-21H2,1H3. The zero-order valence-electron chi connectivity index (χ0n) is 23.0. The number of ether oxygens (including phenoxy) is 1. The third kappa shape index (κ3) is 6.44. The summed E-state index contributed by atoms with van der Waals surface area (Å²) in [5, 5.41) is 10.4. The molecule has 2 heterocycles. The van der Waals surface area contributed by atoms with Crippen LogP contribution < -0.4 is 9.64 Å². The van der Waals surface area contributed by atoms with Crippen LogP contribution in [0, 0.1) is 11.3 Å². The van der Waals surface area contributed by atoms with E-state index in [0.717, 1.165) is 53.8 Å². The molecule has 0 N–H and O–H groups in total. The third-order valence-corrected chi connectivity index (χ3v) is 8.54. The highest BCUT2D eigenvalue weighted by atomic mass is 32.2. The highest BCUT2D eigenvalue weighted by molar-refractivity contribution is 8.00. The Morgan fingerprint density at radius 2 is 1.80 bits per heavy atom. The molecule has 3 amide bonds. The number of hydrogen-bond donors (Lipinski definition) is 0. The van der Waals surface area contributed by atoms with Crippen LogP contribution in [0.25, 0.3) is 0 Å². The number of nitriles is 1. The molecule has 0 saturated carbocycles. The second kappa shape index (κ2) is 13.0. The van der Waals surface area contributed by atoms with Crippen LogP contribution in [0.2, 0.25) is 0 Å². The Labute approximate surface area is 244 Å². The number of hydrogen-bond acceptors (Lipinski definition) is 7. The highest BCUT2D eigenvalue weighted by Gasteiger charge is 2.44. The number of anilines is 1. The summed E-state index contributed by atoms with van der Waals surface area (Å²) in [5.74, 6) is -0.487. The van der Waals surface area contributed by atoms with Gasteiger partial charge in [-0.25, -0.2) is 9.88 Å². The van der Waals surface area contributed by atoms with Crippen LogP contribution in [0.15, 0.2) is 65.7 Å². The van der Waals surface area contributed by atoms with E-state index >= 15 is 0 Å². The van der Waals surface area contributed by atoms with Crippen molar-refractivity contribution in [2.24, 2.45) is 0 Å². The number of fused-ring (bicyclic) bond motifs is 1. The van der Waals surface area contributed by atoms with Gasteiger partial charge in [0.05, 0.1) is 30.5 Å². The lowest BCUT2D eigenvalue weighted by molar-refractivity contribution is -0.136. The number of pyridine rings is 1. The van der Waals surface area contributed by atoms with Crippen LogP contribution in [-0.4, -0.2) is 46.5 Å². The number of rotatable bonds is 8. The Morgan fingerprint density at radius 3 is 2.51 bits per heavy atom. The third-order valence-electron chi connectivity index (χ3n) is 7.56. The largest absolute Gasteiger partial charge is 0.497 e. The van der Waals surface area contributed by atoms with Crippen LogP contribution in [0.5, 0.6) is 5.75 Å². The van der Waals surface area contributed by atoms with Gasteiger partial charge in [-0.15, -0.1) is 0 Å². The van der Waals surface area contributed by atoms with Gasteiger partial charge in [0.25, 0.3) is 5.91 Å². The average Bonchev–Trinajstić information content (AvgIpc) is 3.28. The topological polar surface area (TPSA) is 104 Å². The van der Waals surface area contributed by atoms with Gasteiger partial charge < -0.3 is 9.64 Å². The Kier molecular flexibility index (Phi) is 9.00. The molecule has 1 aliphatic heterocycles. The first-order valence-electron chi connectivity index (χ1n) is 13.9. The molecule has 2 aromatic carbocycles. The van der Waals surface area contributed by atoms with Gasteiger partial charge in [-0.2, -0.15) is 5.26 Å². The summed E-state index contributed by atoms with van der Waals surface area (Å²) in [6.07, 6.45) is 6.16. The molecule has 2 aliphatic rings. The van der Waals surface area contributed by atoms with Crippen LogP contribution >= 0.6 is 11.8 Å². The number of carbonyl (C=O) groups is 3. The van der Waals surface area contributed by atoms with Crippen molar-refractivity contribution >= 4 is 35.2 Å². The predicted molar refractivity (Wildman–Crippen MR) is 156 cm³/mol. The van der Waals surface area contributed by atoms with Gasteiger partial charge >= 0.3 is 0 Å². The summed E-state index contributed by atoms with van der Waals surface area (Å²) in [6, 6.07) is 19.4. The number of imide groups is 1. The fourth-order valence-corrected chi connectivity index (χ4v) is 6.25. The van der Waals surface area contributed by atoms with Crippen molar-refractivity contribution in [2.75, 3.05) is 17.8 Å². The van der Waals surface area contributed by atoms with Crippen LogP contribution in [0.3, 0.4) is 0 Å². The van der Waals surface area contributed by atoms with E-state index in [1.54, 1.807) is 31.4 Å². The van der Waals surface area contributed by atoms with Gasteiger partial charge in [0.1, 0.15) is 22.9 Å². The lowest BCUT2D eigenvalue weighted by Gasteiger charge is -2.28. The fourth-order valence-electron chi connectivity index (χ4n) is 5.39. The van der Waals surface area contributed by atoms with Gasteiger partial charge in [-0.05, 0) is 67.1 Å². The molecule has 41 heavy (non-hydrogen) atoms. The molecule has 0 bridgehead atoms. The number of amides is 3. The summed E-state index contributed by atoms with van der Waals surface area (Å²) in [4.78, 5) is 47.9. The summed E-state index contributed by atoms with van der Waals surface area (Å²) >= 11 is 1.22. The minimum absolute atomic E-state index is 0.00614. The molecule has 0 spiro atoms. The molecule has 1 saturated heterocycles. The second-order valence-corrected chi connectivity index (χ2v) is 11.2. The average molecular weight is 569 g/mol. The quantitative estimate of drug-likeness (QED) is 0.276. The van der Waals surface area contributed by atoms with Gasteiger partial charge in [0.2, 0.25) is 11.8 Å². The molecule has 1 atom stereocenters. The number of aromatic nitrogens is 1. The predicted octanol–water partition coefficient (Wildman–Crippen LogP) is 5.07. The van der Waals surface area contributed by atoms with Gasteiger partial charge in [0, 0.05) is 12.2 Å². The number of methoxy groups -OCH3 is 1. The monoisotopic (exact) mass is 568 g/mol. The maximum Gasteiger partial charge on any atom is 0.257 e. The van der Waals surface area contributed by atoms with Gasteiger partial charge in [-0.1, -0.05) is 54.9 Å². The second-order valence-electron chi connectivity index (χ2n) is 10.3. The molecular weight excluding hydrogens is 536 g/mol. The van der Waals surface area contributed by atoms with E-state index in [9.17, 15) is 19.6 Å². The zero-order valence-corrected chi connectivity index (χ0v) is 23.9. The van der Waals surface area contributed by atoms with E-state index in [-0.39, 0.29) is 30.5 Å². The van der Waals surface area contributed by atoms with Crippen molar-refractivity contribution < 1.29 is 19.1 Å². The van der Waals surface area contributed by atoms with Crippen molar-refractivity contribution in [3.63, 3.8) is 0 Å². The van der Waals surface area contributed by atoms with Crippen molar-refractivity contribution in [3.8, 4) is 11.8 Å². The highest BCUT2D eigenvalue weighted by Crippen LogP contribution is 2.30. The van der Waals surface area contributed by atoms with Crippen LogP contribution in [0.4, 0.5) is 5.69 Å². The summed E-state index contributed by atoms with van der Waals surface area (Å²) in [5.41, 5.74) is 3.89. The minimum Gasteiger partial charge on any atom is -0.497 e. The summed E-state index contributed by atoms with van der Waals surface area (Å²) in [6.45, 7) is 0.184. The van der Waals surface area contributed by atoms with Crippen molar-refractivity contribution in [1.82, 2.24) is 9.88 Å². The normalized spacial score (nSPS) is 16.9. The lowest BCUT2D eigenvalue weighted by atomic mass is 9.96. The number of nitrogens with zero attached hydrogens (tertiary/aromatic N) is 4. The number of aryl methyl sites for hydroxylation is 2. The molecule has 1 unspecified atom stereocenters.